The molecule has 0 unspecified atom stereocenters. The molecule has 3 atom stereocenters. The first-order chi connectivity index (χ1) is 12.6. The number of aryl methyl sites for hydroxylation is 1. The van der Waals surface area contributed by atoms with Gasteiger partial charge in [0.25, 0.3) is 0 Å². The third kappa shape index (κ3) is 4.18. The Morgan fingerprint density at radius 2 is 2.12 bits per heavy atom. The van der Waals surface area contributed by atoms with Crippen molar-refractivity contribution in [1.29, 1.82) is 0 Å². The van der Waals surface area contributed by atoms with E-state index in [1.165, 1.54) is 31.4 Å². The summed E-state index contributed by atoms with van der Waals surface area (Å²) in [7, 11) is 2.17. The lowest BCUT2D eigenvalue weighted by Crippen LogP contribution is -2.33. The smallest absolute Gasteiger partial charge is 0.223 e. The van der Waals surface area contributed by atoms with E-state index in [0.29, 0.717) is 17.9 Å². The first-order valence-electron chi connectivity index (χ1n) is 9.89. The second-order valence-corrected chi connectivity index (χ2v) is 8.13. The fourth-order valence-electron chi connectivity index (χ4n) is 4.11. The lowest BCUT2D eigenvalue weighted by Gasteiger charge is -2.26. The molecule has 142 valence electrons. The first-order valence-corrected chi connectivity index (χ1v) is 9.89. The van der Waals surface area contributed by atoms with Crippen LogP contribution in [0.5, 0.6) is 0 Å². The standard InChI is InChI=1S/C20H30N4O2/c1-14-11-18(14)19-7-6-17(25-19)12-24-9-4-5-16(8-10-24)23(3)13-20-21-15(2)26-22-20/h6-7,14,16,18H,4-5,8-13H2,1-3H3/t14-,16+,18+/m0/s1. The predicted molar refractivity (Wildman–Crippen MR) is 98.6 cm³/mol. The summed E-state index contributed by atoms with van der Waals surface area (Å²) >= 11 is 0. The number of hydrogen-bond donors (Lipinski definition) is 0. The van der Waals surface area contributed by atoms with Crippen LogP contribution in [-0.2, 0) is 13.1 Å². The summed E-state index contributed by atoms with van der Waals surface area (Å²) in [6, 6.07) is 4.93. The molecule has 6 nitrogen and oxygen atoms in total. The molecule has 0 bridgehead atoms. The second kappa shape index (κ2) is 7.53. The van der Waals surface area contributed by atoms with E-state index in [0.717, 1.165) is 43.7 Å². The highest BCUT2D eigenvalue weighted by atomic mass is 16.5. The van der Waals surface area contributed by atoms with E-state index in [9.17, 15) is 0 Å². The van der Waals surface area contributed by atoms with E-state index >= 15 is 0 Å². The van der Waals surface area contributed by atoms with Crippen molar-refractivity contribution >= 4 is 0 Å². The lowest BCUT2D eigenvalue weighted by molar-refractivity contribution is 0.197. The molecule has 0 N–H and O–H groups in total. The molecule has 0 spiro atoms. The van der Waals surface area contributed by atoms with Crippen molar-refractivity contribution < 1.29 is 8.94 Å². The maximum absolute atomic E-state index is 6.10. The molecule has 0 aromatic carbocycles. The first kappa shape index (κ1) is 17.7. The molecule has 1 saturated carbocycles. The monoisotopic (exact) mass is 358 g/mol. The van der Waals surface area contributed by atoms with Gasteiger partial charge < -0.3 is 8.94 Å². The average molecular weight is 358 g/mol. The van der Waals surface area contributed by atoms with E-state index in [2.05, 4.69) is 46.0 Å². The van der Waals surface area contributed by atoms with Crippen LogP contribution in [0, 0.1) is 12.8 Å². The van der Waals surface area contributed by atoms with Gasteiger partial charge in [-0.05, 0) is 57.3 Å². The van der Waals surface area contributed by atoms with Crippen LogP contribution in [0.1, 0.15) is 61.8 Å². The van der Waals surface area contributed by atoms with Gasteiger partial charge in [-0.3, -0.25) is 9.80 Å². The largest absolute Gasteiger partial charge is 0.464 e. The third-order valence-corrected chi connectivity index (χ3v) is 5.91. The van der Waals surface area contributed by atoms with Gasteiger partial charge in [0.05, 0.1) is 13.1 Å². The summed E-state index contributed by atoms with van der Waals surface area (Å²) in [5, 5.41) is 4.02. The Balaban J connectivity index is 1.28. The van der Waals surface area contributed by atoms with Gasteiger partial charge in [0.2, 0.25) is 5.89 Å². The summed E-state index contributed by atoms with van der Waals surface area (Å²) < 4.78 is 11.2. The minimum atomic E-state index is 0.568. The number of hydrogen-bond acceptors (Lipinski definition) is 6. The molecule has 3 heterocycles. The Kier molecular flexibility index (Phi) is 5.14. The Morgan fingerprint density at radius 3 is 2.85 bits per heavy atom. The Morgan fingerprint density at radius 1 is 1.27 bits per heavy atom. The average Bonchev–Trinajstić information content (AvgIpc) is 3.04. The fraction of sp³-hybridized carbons (Fsp3) is 0.700. The minimum Gasteiger partial charge on any atom is -0.464 e. The highest BCUT2D eigenvalue weighted by Crippen LogP contribution is 2.47. The van der Waals surface area contributed by atoms with Gasteiger partial charge in [-0.25, -0.2) is 0 Å². The summed E-state index contributed by atoms with van der Waals surface area (Å²) in [5.74, 6) is 5.19. The SMILES string of the molecule is Cc1nc(CN(C)[C@@H]2CCCN(Cc3ccc([C@@H]4C[C@@H]4C)o3)CC2)no1. The number of aromatic nitrogens is 2. The van der Waals surface area contributed by atoms with Gasteiger partial charge in [-0.15, -0.1) is 0 Å². The lowest BCUT2D eigenvalue weighted by atomic mass is 10.1. The van der Waals surface area contributed by atoms with Gasteiger partial charge in [0.15, 0.2) is 5.82 Å². The number of rotatable bonds is 6. The van der Waals surface area contributed by atoms with Gasteiger partial charge in [0.1, 0.15) is 11.5 Å². The summed E-state index contributed by atoms with van der Waals surface area (Å²) in [5.41, 5.74) is 0. The molecule has 2 aromatic heterocycles. The van der Waals surface area contributed by atoms with Crippen LogP contribution >= 0.6 is 0 Å². The molecule has 1 aliphatic heterocycles. The van der Waals surface area contributed by atoms with E-state index in [1.807, 2.05) is 6.92 Å². The van der Waals surface area contributed by atoms with Crippen molar-refractivity contribution in [3.8, 4) is 0 Å². The zero-order chi connectivity index (χ0) is 18.1. The van der Waals surface area contributed by atoms with Crippen LogP contribution in [-0.4, -0.2) is 46.1 Å². The topological polar surface area (TPSA) is 58.5 Å². The predicted octanol–water partition coefficient (Wildman–Crippen LogP) is 3.58. The van der Waals surface area contributed by atoms with E-state index < -0.39 is 0 Å². The fourth-order valence-corrected chi connectivity index (χ4v) is 4.11. The Bertz CT molecular complexity index is 725. The van der Waals surface area contributed by atoms with Crippen LogP contribution in [0.3, 0.4) is 0 Å². The van der Waals surface area contributed by atoms with Crippen LogP contribution in [0.2, 0.25) is 0 Å². The van der Waals surface area contributed by atoms with Crippen molar-refractivity contribution in [3.63, 3.8) is 0 Å². The van der Waals surface area contributed by atoms with Crippen molar-refractivity contribution in [2.45, 2.75) is 64.6 Å². The molecule has 0 amide bonds. The minimum absolute atomic E-state index is 0.568. The highest BCUT2D eigenvalue weighted by molar-refractivity contribution is 5.17. The quantitative estimate of drug-likeness (QED) is 0.787. The van der Waals surface area contributed by atoms with Gasteiger partial charge in [0, 0.05) is 25.4 Å². The molecule has 26 heavy (non-hydrogen) atoms. The zero-order valence-corrected chi connectivity index (χ0v) is 16.1. The van der Waals surface area contributed by atoms with E-state index in [4.69, 9.17) is 8.94 Å². The molecule has 2 aromatic rings. The molecule has 2 aliphatic rings. The summed E-state index contributed by atoms with van der Waals surface area (Å²) in [4.78, 5) is 9.23. The Hall–Kier alpha value is -1.66. The molecule has 0 radical (unpaired) electrons. The molecule has 4 rings (SSSR count). The van der Waals surface area contributed by atoms with Crippen molar-refractivity contribution in [1.82, 2.24) is 19.9 Å². The van der Waals surface area contributed by atoms with Crippen LogP contribution < -0.4 is 0 Å². The molecule has 1 aliphatic carbocycles. The van der Waals surface area contributed by atoms with Crippen molar-refractivity contribution in [3.05, 3.63) is 35.4 Å². The maximum atomic E-state index is 6.10. The van der Waals surface area contributed by atoms with E-state index in [-0.39, 0.29) is 0 Å². The van der Waals surface area contributed by atoms with Crippen molar-refractivity contribution in [2.75, 3.05) is 20.1 Å². The maximum Gasteiger partial charge on any atom is 0.223 e. The molecular weight excluding hydrogens is 328 g/mol. The normalized spacial score (nSPS) is 27.0. The number of furan rings is 1. The van der Waals surface area contributed by atoms with E-state index in [1.54, 1.807) is 0 Å². The zero-order valence-electron chi connectivity index (χ0n) is 16.1. The second-order valence-electron chi connectivity index (χ2n) is 8.13. The van der Waals surface area contributed by atoms with Crippen molar-refractivity contribution in [2.24, 2.45) is 5.92 Å². The third-order valence-electron chi connectivity index (χ3n) is 5.91. The molecule has 1 saturated heterocycles. The number of likely N-dealkylation sites (tertiary alicyclic amines) is 1. The van der Waals surface area contributed by atoms with Gasteiger partial charge >= 0.3 is 0 Å². The molecule has 6 heteroatoms. The molecule has 2 fully saturated rings. The summed E-state index contributed by atoms with van der Waals surface area (Å²) in [6.07, 6.45) is 4.88. The Labute approximate surface area is 155 Å². The number of nitrogens with zero attached hydrogens (tertiary/aromatic N) is 4. The highest BCUT2D eigenvalue weighted by Gasteiger charge is 2.36. The van der Waals surface area contributed by atoms with Crippen LogP contribution in [0.25, 0.3) is 0 Å². The summed E-state index contributed by atoms with van der Waals surface area (Å²) in [6.45, 7) is 8.07. The van der Waals surface area contributed by atoms with Crippen LogP contribution in [0.15, 0.2) is 21.1 Å². The van der Waals surface area contributed by atoms with Crippen LogP contribution in [0.4, 0.5) is 0 Å². The molecular formula is C20H30N4O2. The van der Waals surface area contributed by atoms with Gasteiger partial charge in [-0.1, -0.05) is 12.1 Å². The van der Waals surface area contributed by atoms with Gasteiger partial charge in [-0.2, -0.15) is 4.98 Å².